The molecule has 4 aromatic rings. The summed E-state index contributed by atoms with van der Waals surface area (Å²) in [5.41, 5.74) is 5.22. The number of rotatable bonds is 5. The Bertz CT molecular complexity index is 1300. The molecule has 0 bridgehead atoms. The summed E-state index contributed by atoms with van der Waals surface area (Å²) in [4.78, 5) is 12.5. The molecule has 0 saturated heterocycles. The van der Waals surface area contributed by atoms with Gasteiger partial charge in [-0.05, 0) is 50.1 Å². The summed E-state index contributed by atoms with van der Waals surface area (Å²) in [6.07, 6.45) is 3.27. The van der Waals surface area contributed by atoms with Gasteiger partial charge in [0.25, 0.3) is 0 Å². The van der Waals surface area contributed by atoms with Gasteiger partial charge in [0.15, 0.2) is 5.82 Å². The average molecular weight is 481 g/mol. The van der Waals surface area contributed by atoms with E-state index in [1.807, 2.05) is 44.2 Å². The van der Waals surface area contributed by atoms with Crippen LogP contribution in [0.5, 0.6) is 5.75 Å². The molecule has 31 heavy (non-hydrogen) atoms. The number of hydrogen-bond acceptors (Lipinski definition) is 5. The van der Waals surface area contributed by atoms with Crippen molar-refractivity contribution in [3.05, 3.63) is 70.1 Å². The lowest BCUT2D eigenvalue weighted by molar-refractivity contribution is -0.111. The summed E-state index contributed by atoms with van der Waals surface area (Å²) in [5, 5.41) is 7.45. The SMILES string of the molecule is COc1c(/C(C)=C/C(=O)Nc2cc(C)on2)cc2c(-c3ccc(Br)cc3)coc2c1C. The lowest BCUT2D eigenvalue weighted by Crippen LogP contribution is -2.09. The van der Waals surface area contributed by atoms with Crippen molar-refractivity contribution in [1.29, 1.82) is 0 Å². The van der Waals surface area contributed by atoms with E-state index in [0.29, 0.717) is 17.3 Å². The molecule has 0 spiro atoms. The summed E-state index contributed by atoms with van der Waals surface area (Å²) in [7, 11) is 1.61. The van der Waals surface area contributed by atoms with E-state index in [0.717, 1.165) is 43.3 Å². The highest BCUT2D eigenvalue weighted by Crippen LogP contribution is 2.40. The van der Waals surface area contributed by atoms with Gasteiger partial charge in [-0.25, -0.2) is 0 Å². The summed E-state index contributed by atoms with van der Waals surface area (Å²) in [5.74, 6) is 1.37. The molecule has 0 unspecified atom stereocenters. The Morgan fingerprint density at radius 1 is 1.19 bits per heavy atom. The Morgan fingerprint density at radius 2 is 1.94 bits per heavy atom. The monoisotopic (exact) mass is 480 g/mol. The molecule has 0 aliphatic carbocycles. The van der Waals surface area contributed by atoms with Crippen molar-refractivity contribution in [1.82, 2.24) is 5.16 Å². The van der Waals surface area contributed by atoms with Gasteiger partial charge in [0.2, 0.25) is 5.91 Å². The smallest absolute Gasteiger partial charge is 0.249 e. The maximum atomic E-state index is 12.5. The van der Waals surface area contributed by atoms with Crippen molar-refractivity contribution in [2.45, 2.75) is 20.8 Å². The molecule has 2 heterocycles. The molecule has 0 aliphatic heterocycles. The molecule has 0 atom stereocenters. The number of carbonyl (C=O) groups is 1. The summed E-state index contributed by atoms with van der Waals surface area (Å²) in [6, 6.07) is 11.7. The van der Waals surface area contributed by atoms with Gasteiger partial charge >= 0.3 is 0 Å². The molecule has 7 heteroatoms. The van der Waals surface area contributed by atoms with Crippen molar-refractivity contribution >= 4 is 44.2 Å². The van der Waals surface area contributed by atoms with Gasteiger partial charge in [0.1, 0.15) is 17.1 Å². The molecular formula is C24H21BrN2O4. The Balaban J connectivity index is 1.77. The number of aryl methyl sites for hydroxylation is 2. The standard InChI is InChI=1S/C24H21BrN2O4/c1-13(9-22(28)26-21-10-14(2)31-27-21)18-11-19-20(16-5-7-17(25)8-6-16)12-30-24(19)15(3)23(18)29-4/h5-12H,1-4H3,(H,26,27,28)/b13-9+. The highest BCUT2D eigenvalue weighted by Gasteiger charge is 2.19. The van der Waals surface area contributed by atoms with Gasteiger partial charge in [-0.3, -0.25) is 4.79 Å². The average Bonchev–Trinajstić information content (AvgIpc) is 3.34. The number of allylic oxidation sites excluding steroid dienone is 1. The number of nitrogens with one attached hydrogen (secondary N) is 1. The van der Waals surface area contributed by atoms with Gasteiger partial charge in [-0.1, -0.05) is 33.2 Å². The van der Waals surface area contributed by atoms with E-state index < -0.39 is 0 Å². The van der Waals surface area contributed by atoms with Crippen LogP contribution in [0.3, 0.4) is 0 Å². The molecule has 1 N–H and O–H groups in total. The highest BCUT2D eigenvalue weighted by atomic mass is 79.9. The number of halogens is 1. The number of methoxy groups -OCH3 is 1. The van der Waals surface area contributed by atoms with E-state index in [2.05, 4.69) is 26.4 Å². The predicted octanol–water partition coefficient (Wildman–Crippen LogP) is 6.52. The number of benzene rings is 2. The van der Waals surface area contributed by atoms with Crippen LogP contribution in [0.2, 0.25) is 0 Å². The number of amides is 1. The van der Waals surface area contributed by atoms with Gasteiger partial charge < -0.3 is 19.0 Å². The van der Waals surface area contributed by atoms with E-state index in [1.54, 1.807) is 26.4 Å². The Labute approximate surface area is 188 Å². The highest BCUT2D eigenvalue weighted by molar-refractivity contribution is 9.10. The molecule has 6 nitrogen and oxygen atoms in total. The second-order valence-corrected chi connectivity index (χ2v) is 8.17. The minimum atomic E-state index is -0.300. The number of ether oxygens (including phenoxy) is 1. The normalized spacial score (nSPS) is 11.7. The minimum Gasteiger partial charge on any atom is -0.496 e. The quantitative estimate of drug-likeness (QED) is 0.329. The zero-order valence-corrected chi connectivity index (χ0v) is 19.2. The summed E-state index contributed by atoms with van der Waals surface area (Å²) in [6.45, 7) is 5.59. The zero-order chi connectivity index (χ0) is 22.1. The molecule has 0 radical (unpaired) electrons. The predicted molar refractivity (Wildman–Crippen MR) is 124 cm³/mol. The molecule has 0 aliphatic rings. The number of nitrogens with zero attached hydrogens (tertiary/aromatic N) is 1. The first-order valence-electron chi connectivity index (χ1n) is 9.65. The van der Waals surface area contributed by atoms with E-state index >= 15 is 0 Å². The third-order valence-corrected chi connectivity index (χ3v) is 5.58. The van der Waals surface area contributed by atoms with Gasteiger partial charge in [-0.2, -0.15) is 0 Å². The van der Waals surface area contributed by atoms with Crippen LogP contribution in [0.15, 0.2) is 62.2 Å². The van der Waals surface area contributed by atoms with Crippen LogP contribution >= 0.6 is 15.9 Å². The van der Waals surface area contributed by atoms with E-state index in [4.69, 9.17) is 13.7 Å². The molecule has 158 valence electrons. The van der Waals surface area contributed by atoms with E-state index in [9.17, 15) is 4.79 Å². The topological polar surface area (TPSA) is 77.5 Å². The van der Waals surface area contributed by atoms with Gasteiger partial charge in [0, 0.05) is 38.7 Å². The fourth-order valence-corrected chi connectivity index (χ4v) is 3.85. The van der Waals surface area contributed by atoms with Crippen LogP contribution in [0.1, 0.15) is 23.8 Å². The Kier molecular flexibility index (Phi) is 5.69. The zero-order valence-electron chi connectivity index (χ0n) is 17.6. The van der Waals surface area contributed by atoms with Crippen LogP contribution in [0, 0.1) is 13.8 Å². The van der Waals surface area contributed by atoms with Crippen molar-refractivity contribution in [2.75, 3.05) is 12.4 Å². The minimum absolute atomic E-state index is 0.300. The van der Waals surface area contributed by atoms with Crippen LogP contribution in [-0.2, 0) is 4.79 Å². The number of carbonyl (C=O) groups excluding carboxylic acids is 1. The number of anilines is 1. The molecule has 0 saturated carbocycles. The maximum Gasteiger partial charge on any atom is 0.249 e. The second kappa shape index (κ2) is 8.43. The first-order chi connectivity index (χ1) is 14.9. The van der Waals surface area contributed by atoms with E-state index in [1.165, 1.54) is 6.08 Å². The van der Waals surface area contributed by atoms with Gasteiger partial charge in [0.05, 0.1) is 13.4 Å². The lowest BCUT2D eigenvalue weighted by Gasteiger charge is -2.13. The van der Waals surface area contributed by atoms with Crippen molar-refractivity contribution < 1.29 is 18.5 Å². The maximum absolute atomic E-state index is 12.5. The largest absolute Gasteiger partial charge is 0.496 e. The first-order valence-corrected chi connectivity index (χ1v) is 10.4. The number of aromatic nitrogens is 1. The molecule has 0 fully saturated rings. The van der Waals surface area contributed by atoms with Crippen molar-refractivity contribution in [2.24, 2.45) is 0 Å². The fraction of sp³-hybridized carbons (Fsp3) is 0.167. The first kappa shape index (κ1) is 20.9. The fourth-order valence-electron chi connectivity index (χ4n) is 3.59. The van der Waals surface area contributed by atoms with E-state index in [-0.39, 0.29) is 5.91 Å². The molecule has 4 rings (SSSR count). The number of furan rings is 1. The van der Waals surface area contributed by atoms with Gasteiger partial charge in [-0.15, -0.1) is 0 Å². The van der Waals surface area contributed by atoms with Crippen LogP contribution < -0.4 is 10.1 Å². The summed E-state index contributed by atoms with van der Waals surface area (Å²) < 4.78 is 17.6. The third kappa shape index (κ3) is 4.14. The van der Waals surface area contributed by atoms with Crippen LogP contribution in [-0.4, -0.2) is 18.2 Å². The molecular weight excluding hydrogens is 460 g/mol. The Hall–Kier alpha value is -3.32. The third-order valence-electron chi connectivity index (χ3n) is 5.05. The number of fused-ring (bicyclic) bond motifs is 1. The second-order valence-electron chi connectivity index (χ2n) is 7.25. The Morgan fingerprint density at radius 3 is 2.58 bits per heavy atom. The molecule has 2 aromatic carbocycles. The van der Waals surface area contributed by atoms with Crippen LogP contribution in [0.25, 0.3) is 27.7 Å². The lowest BCUT2D eigenvalue weighted by atomic mass is 9.96. The van der Waals surface area contributed by atoms with Crippen molar-refractivity contribution in [3.63, 3.8) is 0 Å². The van der Waals surface area contributed by atoms with Crippen molar-refractivity contribution in [3.8, 4) is 16.9 Å². The molecule has 1 amide bonds. The number of hydrogen-bond donors (Lipinski definition) is 1. The molecule has 2 aromatic heterocycles. The summed E-state index contributed by atoms with van der Waals surface area (Å²) >= 11 is 3.47. The van der Waals surface area contributed by atoms with Crippen LogP contribution in [0.4, 0.5) is 5.82 Å².